The van der Waals surface area contributed by atoms with Crippen molar-refractivity contribution in [1.82, 2.24) is 9.78 Å². The van der Waals surface area contributed by atoms with Gasteiger partial charge in [-0.25, -0.2) is 0 Å². The molecule has 2 rings (SSSR count). The van der Waals surface area contributed by atoms with Crippen LogP contribution < -0.4 is 4.74 Å². The van der Waals surface area contributed by atoms with Crippen LogP contribution >= 0.6 is 11.6 Å². The van der Waals surface area contributed by atoms with Crippen molar-refractivity contribution in [2.24, 2.45) is 0 Å². The van der Waals surface area contributed by atoms with Crippen molar-refractivity contribution in [3.63, 3.8) is 0 Å². The molecule has 19 heavy (non-hydrogen) atoms. The van der Waals surface area contributed by atoms with Crippen LogP contribution in [0.3, 0.4) is 0 Å². The molecule has 0 unspecified atom stereocenters. The molecular weight excluding hydrogens is 270 g/mol. The fraction of sp³-hybridized carbons (Fsp3) is 0.250. The van der Waals surface area contributed by atoms with Gasteiger partial charge in [0, 0.05) is 12.6 Å². The summed E-state index contributed by atoms with van der Waals surface area (Å²) in [5, 5.41) is 14.9. The zero-order valence-corrected chi connectivity index (χ0v) is 11.0. The summed E-state index contributed by atoms with van der Waals surface area (Å²) in [6.45, 7) is 2.96. The summed E-state index contributed by atoms with van der Waals surface area (Å²) in [7, 11) is 0. The zero-order chi connectivity index (χ0) is 13.8. The van der Waals surface area contributed by atoms with Crippen LogP contribution in [0.5, 0.6) is 5.75 Å². The minimum atomic E-state index is -0.513. The van der Waals surface area contributed by atoms with Crippen molar-refractivity contribution in [1.29, 1.82) is 0 Å². The number of ether oxygens (including phenoxy) is 1. The quantitative estimate of drug-likeness (QED) is 0.624. The fourth-order valence-electron chi connectivity index (χ4n) is 1.55. The number of nitrogens with zero attached hydrogens (tertiary/aromatic N) is 3. The Hall–Kier alpha value is -2.08. The molecule has 0 saturated carbocycles. The molecule has 0 fully saturated rings. The van der Waals surface area contributed by atoms with Crippen LogP contribution in [0.25, 0.3) is 0 Å². The van der Waals surface area contributed by atoms with Gasteiger partial charge in [0.25, 0.3) is 5.69 Å². The predicted molar refractivity (Wildman–Crippen MR) is 70.3 cm³/mol. The smallest absolute Gasteiger partial charge is 0.288 e. The molecule has 7 heteroatoms. The minimum Gasteiger partial charge on any atom is -0.486 e. The number of aryl methyl sites for hydroxylation is 1. The van der Waals surface area contributed by atoms with Gasteiger partial charge in [0.1, 0.15) is 11.6 Å². The number of rotatable bonds is 5. The first-order valence-electron chi connectivity index (χ1n) is 5.68. The molecule has 0 amide bonds. The van der Waals surface area contributed by atoms with Crippen molar-refractivity contribution < 1.29 is 9.66 Å². The van der Waals surface area contributed by atoms with E-state index in [1.807, 2.05) is 6.92 Å². The second kappa shape index (κ2) is 5.71. The maximum absolute atomic E-state index is 10.8. The van der Waals surface area contributed by atoms with Gasteiger partial charge in [0.15, 0.2) is 5.75 Å². The molecule has 0 aliphatic heterocycles. The molecule has 0 atom stereocenters. The van der Waals surface area contributed by atoms with Crippen LogP contribution in [0.1, 0.15) is 12.5 Å². The molecule has 2 aromatic rings. The summed E-state index contributed by atoms with van der Waals surface area (Å²) >= 11 is 5.73. The molecule has 0 radical (unpaired) electrons. The molecule has 0 bridgehead atoms. The summed E-state index contributed by atoms with van der Waals surface area (Å²) in [6.07, 6.45) is 3.37. The van der Waals surface area contributed by atoms with Gasteiger partial charge in [-0.1, -0.05) is 17.7 Å². The summed E-state index contributed by atoms with van der Waals surface area (Å²) in [4.78, 5) is 10.2. The van der Waals surface area contributed by atoms with E-state index in [1.54, 1.807) is 23.1 Å². The monoisotopic (exact) mass is 281 g/mol. The molecule has 0 spiro atoms. The number of aromatic nitrogens is 2. The van der Waals surface area contributed by atoms with Gasteiger partial charge in [-0.15, -0.1) is 0 Å². The average Bonchev–Trinajstić information content (AvgIpc) is 2.85. The molecule has 0 saturated heterocycles. The lowest BCUT2D eigenvalue weighted by molar-refractivity contribution is -0.384. The molecule has 0 aliphatic carbocycles. The van der Waals surface area contributed by atoms with E-state index in [9.17, 15) is 10.1 Å². The fourth-order valence-corrected chi connectivity index (χ4v) is 1.73. The largest absolute Gasteiger partial charge is 0.486 e. The van der Waals surface area contributed by atoms with Gasteiger partial charge in [-0.3, -0.25) is 14.8 Å². The van der Waals surface area contributed by atoms with Gasteiger partial charge < -0.3 is 4.74 Å². The molecule has 1 aromatic carbocycles. The first-order valence-corrected chi connectivity index (χ1v) is 6.06. The van der Waals surface area contributed by atoms with E-state index < -0.39 is 4.92 Å². The first kappa shape index (κ1) is 13.4. The van der Waals surface area contributed by atoms with Gasteiger partial charge in [0.05, 0.1) is 17.3 Å². The third-order valence-corrected chi connectivity index (χ3v) is 2.87. The second-order valence-corrected chi connectivity index (χ2v) is 4.27. The van der Waals surface area contributed by atoms with Crippen LogP contribution in [0.2, 0.25) is 5.02 Å². The van der Waals surface area contributed by atoms with Crippen LogP contribution in [0, 0.1) is 10.1 Å². The normalized spacial score (nSPS) is 10.4. The summed E-state index contributed by atoms with van der Waals surface area (Å²) in [5.41, 5.74) is 0.562. The lowest BCUT2D eigenvalue weighted by atomic mass is 10.2. The summed E-state index contributed by atoms with van der Waals surface area (Å²) in [6, 6.07) is 4.60. The topological polar surface area (TPSA) is 70.2 Å². The Morgan fingerprint density at radius 1 is 1.53 bits per heavy atom. The first-order chi connectivity index (χ1) is 9.10. The average molecular weight is 282 g/mol. The van der Waals surface area contributed by atoms with Gasteiger partial charge in [-0.2, -0.15) is 5.10 Å². The highest BCUT2D eigenvalue weighted by molar-refractivity contribution is 6.32. The predicted octanol–water partition coefficient (Wildman–Crippen LogP) is 3.04. The van der Waals surface area contributed by atoms with E-state index in [-0.39, 0.29) is 17.3 Å². The Morgan fingerprint density at radius 3 is 2.95 bits per heavy atom. The number of hydrogen-bond acceptors (Lipinski definition) is 4. The molecular formula is C12H12ClN3O3. The molecule has 0 N–H and O–H groups in total. The van der Waals surface area contributed by atoms with Crippen LogP contribution in [-0.2, 0) is 13.2 Å². The highest BCUT2D eigenvalue weighted by Gasteiger charge is 2.12. The maximum Gasteiger partial charge on any atom is 0.288 e. The Bertz CT molecular complexity index is 598. The standard InChI is InChI=1S/C12H12ClN3O3/c1-2-15-7-10(6-14-15)19-8-9-3-4-11(13)12(5-9)16(17)18/h3-7H,2,8H2,1H3. The van der Waals surface area contributed by atoms with Gasteiger partial charge >= 0.3 is 0 Å². The Morgan fingerprint density at radius 2 is 2.32 bits per heavy atom. The maximum atomic E-state index is 10.8. The minimum absolute atomic E-state index is 0.118. The molecule has 1 heterocycles. The molecule has 100 valence electrons. The van der Waals surface area contributed by atoms with E-state index in [4.69, 9.17) is 16.3 Å². The van der Waals surface area contributed by atoms with Crippen molar-refractivity contribution >= 4 is 17.3 Å². The van der Waals surface area contributed by atoms with Crippen molar-refractivity contribution in [3.8, 4) is 5.75 Å². The third-order valence-electron chi connectivity index (χ3n) is 2.55. The molecule has 6 nitrogen and oxygen atoms in total. The summed E-state index contributed by atoms with van der Waals surface area (Å²) in [5.74, 6) is 0.624. The lowest BCUT2D eigenvalue weighted by Gasteiger charge is -2.04. The van der Waals surface area contributed by atoms with Gasteiger partial charge in [-0.05, 0) is 18.6 Å². The second-order valence-electron chi connectivity index (χ2n) is 3.86. The van der Waals surface area contributed by atoms with Gasteiger partial charge in [0.2, 0.25) is 0 Å². The SMILES string of the molecule is CCn1cc(OCc2ccc(Cl)c([N+](=O)[O-])c2)cn1. The van der Waals surface area contributed by atoms with E-state index in [2.05, 4.69) is 5.10 Å². The number of benzene rings is 1. The molecule has 0 aliphatic rings. The number of nitro groups is 1. The van der Waals surface area contributed by atoms with Crippen LogP contribution in [0.15, 0.2) is 30.6 Å². The Balaban J connectivity index is 2.07. The Kier molecular flexibility index (Phi) is 4.01. The van der Waals surface area contributed by atoms with E-state index in [1.165, 1.54) is 12.1 Å². The summed E-state index contributed by atoms with van der Waals surface area (Å²) < 4.78 is 7.24. The zero-order valence-electron chi connectivity index (χ0n) is 10.2. The van der Waals surface area contributed by atoms with E-state index in [0.29, 0.717) is 11.3 Å². The van der Waals surface area contributed by atoms with Crippen LogP contribution in [-0.4, -0.2) is 14.7 Å². The van der Waals surface area contributed by atoms with Crippen molar-refractivity contribution in [2.75, 3.05) is 0 Å². The number of hydrogen-bond donors (Lipinski definition) is 0. The molecule has 1 aromatic heterocycles. The van der Waals surface area contributed by atoms with E-state index in [0.717, 1.165) is 6.54 Å². The van der Waals surface area contributed by atoms with Crippen molar-refractivity contribution in [2.45, 2.75) is 20.1 Å². The third kappa shape index (κ3) is 3.23. The highest BCUT2D eigenvalue weighted by atomic mass is 35.5. The Labute approximate surface area is 114 Å². The highest BCUT2D eigenvalue weighted by Crippen LogP contribution is 2.25. The lowest BCUT2D eigenvalue weighted by Crippen LogP contribution is -1.97. The van der Waals surface area contributed by atoms with E-state index >= 15 is 0 Å². The van der Waals surface area contributed by atoms with Crippen LogP contribution in [0.4, 0.5) is 5.69 Å². The van der Waals surface area contributed by atoms with Crippen molar-refractivity contribution in [3.05, 3.63) is 51.3 Å². The number of halogens is 1. The number of nitro benzene ring substituents is 1.